The van der Waals surface area contributed by atoms with Crippen LogP contribution in [-0.2, 0) is 39.8 Å². The van der Waals surface area contributed by atoms with Gasteiger partial charge in [0.25, 0.3) is 0 Å². The first kappa shape index (κ1) is 28.6. The highest BCUT2D eigenvalue weighted by molar-refractivity contribution is 6.35. The van der Waals surface area contributed by atoms with Gasteiger partial charge < -0.3 is 28.6 Å². The molecule has 1 fully saturated rings. The Morgan fingerprint density at radius 3 is 2.26 bits per heavy atom. The van der Waals surface area contributed by atoms with Crippen molar-refractivity contribution in [2.24, 2.45) is 0 Å². The molecule has 1 aromatic heterocycles. The van der Waals surface area contributed by atoms with E-state index in [4.69, 9.17) is 30.5 Å². The number of hydrogen-bond donors (Lipinski definition) is 1. The Kier molecular flexibility index (Phi) is 8.94. The van der Waals surface area contributed by atoms with Crippen LogP contribution in [0.4, 0.5) is 0 Å². The van der Waals surface area contributed by atoms with Crippen LogP contribution in [0.1, 0.15) is 63.1 Å². The van der Waals surface area contributed by atoms with E-state index in [2.05, 4.69) is 6.92 Å². The molecular weight excluding hydrogens is 526 g/mol. The van der Waals surface area contributed by atoms with Crippen LogP contribution in [0.15, 0.2) is 48.7 Å². The average molecular weight is 558 g/mol. The second kappa shape index (κ2) is 12.2. The Morgan fingerprint density at radius 1 is 1.00 bits per heavy atom. The highest BCUT2D eigenvalue weighted by Gasteiger charge is 2.48. The summed E-state index contributed by atoms with van der Waals surface area (Å²) < 4.78 is 24.2. The highest BCUT2D eigenvalue weighted by atomic mass is 35.5. The monoisotopic (exact) mass is 557 g/mol. The Hall–Kier alpha value is -3.40. The Bertz CT molecular complexity index is 1350. The fourth-order valence-corrected chi connectivity index (χ4v) is 5.29. The number of aromatic nitrogens is 1. The first-order chi connectivity index (χ1) is 18.6. The summed E-state index contributed by atoms with van der Waals surface area (Å²) in [5.41, 5.74) is 2.99. The van der Waals surface area contributed by atoms with E-state index in [-0.39, 0.29) is 6.61 Å². The van der Waals surface area contributed by atoms with Crippen molar-refractivity contribution in [2.75, 3.05) is 6.61 Å². The number of carbonyl (C=O) groups is 3. The molecule has 0 aliphatic carbocycles. The molecule has 1 N–H and O–H groups in total. The summed E-state index contributed by atoms with van der Waals surface area (Å²) >= 11 is 6.63. The molecule has 208 valence electrons. The average Bonchev–Trinajstić information content (AvgIpc) is 3.26. The van der Waals surface area contributed by atoms with E-state index in [1.54, 1.807) is 29.0 Å². The predicted octanol–water partition coefficient (Wildman–Crippen LogP) is 4.65. The normalized spacial score (nSPS) is 21.8. The van der Waals surface area contributed by atoms with Gasteiger partial charge in [0.15, 0.2) is 24.5 Å². The zero-order valence-electron chi connectivity index (χ0n) is 22.3. The molecule has 5 atom stereocenters. The van der Waals surface area contributed by atoms with E-state index in [0.29, 0.717) is 27.1 Å². The maximum atomic E-state index is 12.1. The molecule has 39 heavy (non-hydrogen) atoms. The molecule has 2 heterocycles. The molecule has 10 heteroatoms. The molecule has 0 amide bonds. The van der Waals surface area contributed by atoms with Gasteiger partial charge in [-0.15, -0.1) is 0 Å². The van der Waals surface area contributed by atoms with Gasteiger partial charge in [-0.05, 0) is 29.7 Å². The van der Waals surface area contributed by atoms with Crippen LogP contribution in [0.25, 0.3) is 10.9 Å². The van der Waals surface area contributed by atoms with Crippen molar-refractivity contribution >= 4 is 40.4 Å². The van der Waals surface area contributed by atoms with E-state index in [1.165, 1.54) is 26.3 Å². The third-order valence-electron chi connectivity index (χ3n) is 6.56. The molecule has 1 aliphatic heterocycles. The van der Waals surface area contributed by atoms with Gasteiger partial charge in [0, 0.05) is 37.9 Å². The molecule has 4 rings (SSSR count). The van der Waals surface area contributed by atoms with Gasteiger partial charge >= 0.3 is 17.9 Å². The van der Waals surface area contributed by atoms with Crippen LogP contribution in [0.5, 0.6) is 0 Å². The molecule has 2 aromatic carbocycles. The lowest BCUT2D eigenvalue weighted by Gasteiger charge is -2.41. The first-order valence-corrected chi connectivity index (χ1v) is 13.2. The second-order valence-corrected chi connectivity index (χ2v) is 9.95. The zero-order chi connectivity index (χ0) is 28.3. The summed E-state index contributed by atoms with van der Waals surface area (Å²) in [5.74, 6) is -1.89. The SMILES string of the molecule is CCCc1ccc(C(O)c2cn([C@@H]3OC[C@@H](OC(C)=O)[C@H](OC(C)=O)[C@H]3OC(C)=O)c3cccc(Cl)c23)cc1. The summed E-state index contributed by atoms with van der Waals surface area (Å²) in [7, 11) is 0. The van der Waals surface area contributed by atoms with Gasteiger partial charge in [-0.3, -0.25) is 14.4 Å². The molecule has 0 saturated carbocycles. The minimum absolute atomic E-state index is 0.128. The van der Waals surface area contributed by atoms with Crippen LogP contribution in [0, 0.1) is 0 Å². The van der Waals surface area contributed by atoms with E-state index in [9.17, 15) is 19.5 Å². The van der Waals surface area contributed by atoms with E-state index < -0.39 is 48.6 Å². The van der Waals surface area contributed by atoms with E-state index in [0.717, 1.165) is 12.8 Å². The number of carbonyl (C=O) groups excluding carboxylic acids is 3. The third kappa shape index (κ3) is 6.27. The Morgan fingerprint density at radius 2 is 1.64 bits per heavy atom. The molecule has 0 bridgehead atoms. The number of halogens is 1. The van der Waals surface area contributed by atoms with Gasteiger partial charge in [0.2, 0.25) is 0 Å². The second-order valence-electron chi connectivity index (χ2n) is 9.54. The summed E-state index contributed by atoms with van der Waals surface area (Å²) in [6.45, 7) is 5.64. The number of esters is 3. The van der Waals surface area contributed by atoms with Crippen molar-refractivity contribution in [3.63, 3.8) is 0 Å². The summed E-state index contributed by atoms with van der Waals surface area (Å²) in [6.07, 6.45) is -1.65. The van der Waals surface area contributed by atoms with Crippen molar-refractivity contribution in [3.05, 3.63) is 70.4 Å². The van der Waals surface area contributed by atoms with Crippen molar-refractivity contribution in [3.8, 4) is 0 Å². The zero-order valence-corrected chi connectivity index (χ0v) is 23.0. The predicted molar refractivity (Wildman–Crippen MR) is 143 cm³/mol. The van der Waals surface area contributed by atoms with Gasteiger partial charge in [0.05, 0.1) is 17.1 Å². The first-order valence-electron chi connectivity index (χ1n) is 12.8. The Labute approximate surface area is 231 Å². The Balaban J connectivity index is 1.81. The van der Waals surface area contributed by atoms with Gasteiger partial charge in [-0.1, -0.05) is 55.3 Å². The van der Waals surface area contributed by atoms with Crippen molar-refractivity contribution < 1.29 is 38.4 Å². The van der Waals surface area contributed by atoms with Gasteiger partial charge in [-0.2, -0.15) is 0 Å². The fraction of sp³-hybridized carbons (Fsp3) is 0.414. The quantitative estimate of drug-likeness (QED) is 0.314. The number of hydrogen-bond acceptors (Lipinski definition) is 8. The molecule has 0 spiro atoms. The van der Waals surface area contributed by atoms with Crippen LogP contribution in [0.3, 0.4) is 0 Å². The maximum Gasteiger partial charge on any atom is 0.303 e. The number of aliphatic hydroxyl groups excluding tert-OH is 1. The molecule has 3 aromatic rings. The van der Waals surface area contributed by atoms with Gasteiger partial charge in [-0.25, -0.2) is 0 Å². The summed E-state index contributed by atoms with van der Waals surface area (Å²) in [4.78, 5) is 35.9. The lowest BCUT2D eigenvalue weighted by atomic mass is 9.99. The molecule has 0 radical (unpaired) electrons. The van der Waals surface area contributed by atoms with Crippen LogP contribution in [0.2, 0.25) is 5.02 Å². The summed E-state index contributed by atoms with van der Waals surface area (Å²) in [5, 5.41) is 12.5. The molecule has 1 saturated heterocycles. The number of rotatable bonds is 8. The van der Waals surface area contributed by atoms with E-state index in [1.807, 2.05) is 24.3 Å². The van der Waals surface area contributed by atoms with Crippen molar-refractivity contribution in [1.82, 2.24) is 4.57 Å². The topological polar surface area (TPSA) is 113 Å². The number of ether oxygens (including phenoxy) is 4. The van der Waals surface area contributed by atoms with Gasteiger partial charge in [0.1, 0.15) is 6.10 Å². The third-order valence-corrected chi connectivity index (χ3v) is 6.88. The highest BCUT2D eigenvalue weighted by Crippen LogP contribution is 2.40. The largest absolute Gasteiger partial charge is 0.456 e. The molecule has 1 aliphatic rings. The number of fused-ring (bicyclic) bond motifs is 1. The maximum absolute atomic E-state index is 12.1. The lowest BCUT2D eigenvalue weighted by molar-refractivity contribution is -0.239. The van der Waals surface area contributed by atoms with E-state index >= 15 is 0 Å². The standard InChI is InChI=1S/C29H32ClNO8/c1-5-7-19-10-12-20(13-11-19)26(35)21-14-31(23-9-6-8-22(30)25(21)23)29-28(39-18(4)34)27(38-17(3)33)24(15-36-29)37-16(2)32/h6,8-14,24,26-29,35H,5,7,15H2,1-4H3/t24-,26?,27+,28-,29-/m1/s1. The van der Waals surface area contributed by atoms with Crippen molar-refractivity contribution in [1.29, 1.82) is 0 Å². The molecule has 1 unspecified atom stereocenters. The van der Waals surface area contributed by atoms with Crippen LogP contribution < -0.4 is 0 Å². The molecule has 9 nitrogen and oxygen atoms in total. The fourth-order valence-electron chi connectivity index (χ4n) is 5.01. The van der Waals surface area contributed by atoms with Crippen molar-refractivity contribution in [2.45, 2.75) is 71.2 Å². The number of benzene rings is 2. The number of nitrogens with zero attached hydrogens (tertiary/aromatic N) is 1. The molecular formula is C29H32ClNO8. The van der Waals surface area contributed by atoms with Crippen LogP contribution in [-0.4, -0.2) is 52.5 Å². The smallest absolute Gasteiger partial charge is 0.303 e. The number of aryl methyl sites for hydroxylation is 1. The minimum Gasteiger partial charge on any atom is -0.456 e. The minimum atomic E-state index is -1.17. The number of aliphatic hydroxyl groups is 1. The van der Waals surface area contributed by atoms with Crippen LogP contribution >= 0.6 is 11.6 Å². The lowest BCUT2D eigenvalue weighted by Crippen LogP contribution is -2.55. The summed E-state index contributed by atoms with van der Waals surface area (Å²) in [6, 6.07) is 13.0.